The van der Waals surface area contributed by atoms with Crippen molar-refractivity contribution < 1.29 is 8.78 Å². The smallest absolute Gasteiger partial charge is 0.163 e. The summed E-state index contributed by atoms with van der Waals surface area (Å²) in [6, 6.07) is 4.33. The molecule has 0 aliphatic carbocycles. The summed E-state index contributed by atoms with van der Waals surface area (Å²) in [4.78, 5) is 0. The van der Waals surface area contributed by atoms with E-state index in [2.05, 4.69) is 10.6 Å². The van der Waals surface area contributed by atoms with Gasteiger partial charge in [0.1, 0.15) is 0 Å². The van der Waals surface area contributed by atoms with E-state index in [1.54, 1.807) is 19.2 Å². The molecule has 15 heavy (non-hydrogen) atoms. The van der Waals surface area contributed by atoms with Gasteiger partial charge in [-0.2, -0.15) is 0 Å². The summed E-state index contributed by atoms with van der Waals surface area (Å²) in [5.74, 6) is -1.52. The summed E-state index contributed by atoms with van der Waals surface area (Å²) >= 11 is 0. The molecule has 0 aromatic heterocycles. The second-order valence-corrected chi connectivity index (χ2v) is 3.86. The van der Waals surface area contributed by atoms with Crippen molar-refractivity contribution in [3.8, 4) is 0 Å². The van der Waals surface area contributed by atoms with Crippen molar-refractivity contribution in [2.45, 2.75) is 12.0 Å². The third kappa shape index (κ3) is 1.64. The average Bonchev–Trinajstić information content (AvgIpc) is 2.72. The molecule has 2 N–H and O–H groups in total. The van der Waals surface area contributed by atoms with E-state index < -0.39 is 17.2 Å². The lowest BCUT2D eigenvalue weighted by Crippen LogP contribution is -2.42. The molecule has 1 atom stereocenters. The van der Waals surface area contributed by atoms with Gasteiger partial charge in [-0.3, -0.25) is 0 Å². The van der Waals surface area contributed by atoms with E-state index in [9.17, 15) is 8.78 Å². The first-order valence-electron chi connectivity index (χ1n) is 5.04. The molecule has 1 aromatic carbocycles. The Morgan fingerprint density at radius 1 is 1.40 bits per heavy atom. The molecule has 1 fully saturated rings. The van der Waals surface area contributed by atoms with Gasteiger partial charge in [0.2, 0.25) is 0 Å². The summed E-state index contributed by atoms with van der Waals surface area (Å²) in [7, 11) is 1.78. The first-order chi connectivity index (χ1) is 7.19. The molecule has 0 amide bonds. The van der Waals surface area contributed by atoms with Gasteiger partial charge in [-0.15, -0.1) is 0 Å². The number of hydrogen-bond donors (Lipinski definition) is 2. The van der Waals surface area contributed by atoms with Crippen LogP contribution in [0.2, 0.25) is 0 Å². The van der Waals surface area contributed by atoms with Gasteiger partial charge in [0.25, 0.3) is 0 Å². The van der Waals surface area contributed by atoms with Crippen molar-refractivity contribution in [3.05, 3.63) is 35.4 Å². The minimum Gasteiger partial charge on any atom is -0.314 e. The SMILES string of the molecule is CN[C@]1(c2cccc(F)c2F)CCNC1. The first-order valence-corrected chi connectivity index (χ1v) is 5.04. The van der Waals surface area contributed by atoms with Crippen molar-refractivity contribution in [2.75, 3.05) is 20.1 Å². The monoisotopic (exact) mass is 212 g/mol. The quantitative estimate of drug-likeness (QED) is 0.773. The van der Waals surface area contributed by atoms with Crippen molar-refractivity contribution in [1.82, 2.24) is 10.6 Å². The molecule has 0 unspecified atom stereocenters. The molecule has 2 nitrogen and oxygen atoms in total. The molecule has 0 bridgehead atoms. The highest BCUT2D eigenvalue weighted by atomic mass is 19.2. The van der Waals surface area contributed by atoms with Gasteiger partial charge in [0.15, 0.2) is 11.6 Å². The van der Waals surface area contributed by atoms with Crippen LogP contribution in [0.4, 0.5) is 8.78 Å². The Morgan fingerprint density at radius 2 is 2.20 bits per heavy atom. The zero-order valence-corrected chi connectivity index (χ0v) is 8.61. The summed E-state index contributed by atoms with van der Waals surface area (Å²) in [6.07, 6.45) is 0.768. The highest BCUT2D eigenvalue weighted by Gasteiger charge is 2.36. The predicted octanol–water partition coefficient (Wildman–Crippen LogP) is 1.37. The summed E-state index contributed by atoms with van der Waals surface area (Å²) in [5.41, 5.74) is -0.0541. The number of rotatable bonds is 2. The van der Waals surface area contributed by atoms with E-state index in [1.807, 2.05) is 0 Å². The predicted molar refractivity (Wildman–Crippen MR) is 54.6 cm³/mol. The maximum Gasteiger partial charge on any atom is 0.163 e. The van der Waals surface area contributed by atoms with E-state index in [1.165, 1.54) is 0 Å². The van der Waals surface area contributed by atoms with E-state index in [-0.39, 0.29) is 0 Å². The number of likely N-dealkylation sites (N-methyl/N-ethyl adjacent to an activating group) is 1. The van der Waals surface area contributed by atoms with Crippen LogP contribution in [-0.2, 0) is 5.54 Å². The molecule has 0 radical (unpaired) electrons. The third-order valence-electron chi connectivity index (χ3n) is 3.10. The van der Waals surface area contributed by atoms with Crippen molar-refractivity contribution in [3.63, 3.8) is 0 Å². The second kappa shape index (κ2) is 3.87. The molecule has 0 saturated carbocycles. The van der Waals surface area contributed by atoms with Gasteiger partial charge in [-0.25, -0.2) is 8.78 Å². The molecule has 0 spiro atoms. The minimum atomic E-state index is -0.783. The molecule has 82 valence electrons. The zero-order chi connectivity index (χ0) is 10.9. The topological polar surface area (TPSA) is 24.1 Å². The third-order valence-corrected chi connectivity index (χ3v) is 3.10. The number of nitrogens with one attached hydrogen (secondary N) is 2. The highest BCUT2D eigenvalue weighted by Crippen LogP contribution is 2.30. The van der Waals surface area contributed by atoms with Crippen LogP contribution in [0.15, 0.2) is 18.2 Å². The fraction of sp³-hybridized carbons (Fsp3) is 0.455. The van der Waals surface area contributed by atoms with Gasteiger partial charge < -0.3 is 10.6 Å². The van der Waals surface area contributed by atoms with Gasteiger partial charge in [0.05, 0.1) is 5.54 Å². The van der Waals surface area contributed by atoms with E-state index >= 15 is 0 Å². The fourth-order valence-electron chi connectivity index (χ4n) is 2.14. The van der Waals surface area contributed by atoms with Crippen LogP contribution >= 0.6 is 0 Å². The Labute approximate surface area is 87.7 Å². The van der Waals surface area contributed by atoms with Crippen LogP contribution in [0.1, 0.15) is 12.0 Å². The van der Waals surface area contributed by atoms with Crippen molar-refractivity contribution in [2.24, 2.45) is 0 Å². The van der Waals surface area contributed by atoms with Gasteiger partial charge >= 0.3 is 0 Å². The Kier molecular flexibility index (Phi) is 2.71. The zero-order valence-electron chi connectivity index (χ0n) is 8.61. The Hall–Kier alpha value is -1.00. The number of halogens is 2. The van der Waals surface area contributed by atoms with Gasteiger partial charge in [-0.1, -0.05) is 12.1 Å². The van der Waals surface area contributed by atoms with Crippen molar-refractivity contribution >= 4 is 0 Å². The number of hydrogen-bond acceptors (Lipinski definition) is 2. The Bertz CT molecular complexity index is 360. The minimum absolute atomic E-state index is 0.412. The molecular formula is C11H14F2N2. The van der Waals surface area contributed by atoms with Crippen LogP contribution in [-0.4, -0.2) is 20.1 Å². The van der Waals surface area contributed by atoms with E-state index in [4.69, 9.17) is 0 Å². The molecule has 1 heterocycles. The second-order valence-electron chi connectivity index (χ2n) is 3.86. The fourth-order valence-corrected chi connectivity index (χ4v) is 2.14. The van der Waals surface area contributed by atoms with Crippen LogP contribution in [0, 0.1) is 11.6 Å². The van der Waals surface area contributed by atoms with Gasteiger partial charge in [-0.05, 0) is 26.1 Å². The van der Waals surface area contributed by atoms with E-state index in [0.29, 0.717) is 12.1 Å². The lowest BCUT2D eigenvalue weighted by atomic mass is 9.88. The van der Waals surface area contributed by atoms with Gasteiger partial charge in [0, 0.05) is 12.1 Å². The molecule has 2 rings (SSSR count). The van der Waals surface area contributed by atoms with Crippen LogP contribution in [0.3, 0.4) is 0 Å². The van der Waals surface area contributed by atoms with Crippen LogP contribution < -0.4 is 10.6 Å². The maximum absolute atomic E-state index is 13.6. The van der Waals surface area contributed by atoms with Crippen LogP contribution in [0.5, 0.6) is 0 Å². The Balaban J connectivity index is 2.47. The molecule has 1 aliphatic rings. The van der Waals surface area contributed by atoms with Crippen LogP contribution in [0.25, 0.3) is 0 Å². The first kappa shape index (κ1) is 10.5. The Morgan fingerprint density at radius 3 is 2.80 bits per heavy atom. The van der Waals surface area contributed by atoms with Crippen molar-refractivity contribution in [1.29, 1.82) is 0 Å². The molecule has 4 heteroatoms. The highest BCUT2D eigenvalue weighted by molar-refractivity contribution is 5.29. The normalized spacial score (nSPS) is 25.8. The maximum atomic E-state index is 13.6. The molecule has 1 saturated heterocycles. The summed E-state index contributed by atoms with van der Waals surface area (Å²) in [5, 5.41) is 6.25. The standard InChI is InChI=1S/C11H14F2N2/c1-14-11(5-6-15-7-11)8-3-2-4-9(12)10(8)13/h2-4,14-15H,5-7H2,1H3/t11-/m1/s1. The summed E-state index contributed by atoms with van der Waals surface area (Å²) < 4.78 is 26.8. The lowest BCUT2D eigenvalue weighted by molar-refractivity contribution is 0.369. The largest absolute Gasteiger partial charge is 0.314 e. The number of benzene rings is 1. The molecule has 1 aliphatic heterocycles. The lowest BCUT2D eigenvalue weighted by Gasteiger charge is -2.28. The summed E-state index contributed by atoms with van der Waals surface area (Å²) in [6.45, 7) is 1.45. The molecular weight excluding hydrogens is 198 g/mol. The average molecular weight is 212 g/mol. The van der Waals surface area contributed by atoms with E-state index in [0.717, 1.165) is 19.0 Å². The molecule has 1 aromatic rings.